The monoisotopic (exact) mass is 246 g/mol. The van der Waals surface area contributed by atoms with E-state index in [1.807, 2.05) is 6.92 Å². The van der Waals surface area contributed by atoms with E-state index in [0.29, 0.717) is 6.42 Å². The van der Waals surface area contributed by atoms with Gasteiger partial charge >= 0.3 is 6.18 Å². The van der Waals surface area contributed by atoms with Gasteiger partial charge in [-0.3, -0.25) is 0 Å². The molecule has 17 heavy (non-hydrogen) atoms. The lowest BCUT2D eigenvalue weighted by Crippen LogP contribution is -2.16. The van der Waals surface area contributed by atoms with Gasteiger partial charge < -0.3 is 5.73 Å². The van der Waals surface area contributed by atoms with Gasteiger partial charge in [0.05, 0.1) is 11.3 Å². The van der Waals surface area contributed by atoms with Gasteiger partial charge in [0.15, 0.2) is 0 Å². The van der Waals surface area contributed by atoms with Crippen LogP contribution in [0.3, 0.4) is 0 Å². The summed E-state index contributed by atoms with van der Waals surface area (Å²) in [5.74, 6) is -0.0905. The second kappa shape index (κ2) is 4.94. The van der Waals surface area contributed by atoms with Crippen LogP contribution >= 0.6 is 0 Å². The quantitative estimate of drug-likeness (QED) is 0.878. The molecular formula is C12H17F3N2. The first kappa shape index (κ1) is 13.8. The molecule has 0 aliphatic carbocycles. The third-order valence-corrected chi connectivity index (χ3v) is 2.74. The molecule has 0 radical (unpaired) electrons. The van der Waals surface area contributed by atoms with E-state index in [4.69, 9.17) is 5.73 Å². The van der Waals surface area contributed by atoms with E-state index in [0.717, 1.165) is 6.42 Å². The van der Waals surface area contributed by atoms with Crippen molar-refractivity contribution in [1.29, 1.82) is 0 Å². The van der Waals surface area contributed by atoms with Crippen LogP contribution in [0.15, 0.2) is 6.07 Å². The van der Waals surface area contributed by atoms with Gasteiger partial charge in [-0.15, -0.1) is 0 Å². The fourth-order valence-electron chi connectivity index (χ4n) is 2.02. The first-order valence-corrected chi connectivity index (χ1v) is 5.61. The standard InChI is InChI=1S/C12H17F3N2/c1-4-5-7(2)11-10(12(13,14)15)8(3)6-9(16)17-11/h6-7H,4-5H2,1-3H3,(H2,16,17). The molecule has 96 valence electrons. The first-order chi connectivity index (χ1) is 7.77. The summed E-state index contributed by atoms with van der Waals surface area (Å²) in [6.45, 7) is 5.10. The summed E-state index contributed by atoms with van der Waals surface area (Å²) in [5, 5.41) is 0. The van der Waals surface area contributed by atoms with Gasteiger partial charge in [0.1, 0.15) is 5.82 Å². The molecule has 0 amide bonds. The molecule has 2 nitrogen and oxygen atoms in total. The highest BCUT2D eigenvalue weighted by molar-refractivity contribution is 5.43. The summed E-state index contributed by atoms with van der Waals surface area (Å²) in [5.41, 5.74) is 5.10. The number of aromatic nitrogens is 1. The summed E-state index contributed by atoms with van der Waals surface area (Å²) in [4.78, 5) is 3.88. The minimum Gasteiger partial charge on any atom is -0.384 e. The smallest absolute Gasteiger partial charge is 0.384 e. The van der Waals surface area contributed by atoms with Crippen molar-refractivity contribution in [2.45, 2.75) is 45.7 Å². The van der Waals surface area contributed by atoms with Crippen molar-refractivity contribution in [3.05, 3.63) is 22.9 Å². The van der Waals surface area contributed by atoms with Gasteiger partial charge in [0, 0.05) is 0 Å². The number of hydrogen-bond donors (Lipinski definition) is 1. The van der Waals surface area contributed by atoms with E-state index in [1.165, 1.54) is 13.0 Å². The number of aryl methyl sites for hydroxylation is 1. The Bertz CT molecular complexity index is 399. The Morgan fingerprint density at radius 2 is 2.00 bits per heavy atom. The molecule has 5 heteroatoms. The fourth-order valence-corrected chi connectivity index (χ4v) is 2.02. The van der Waals surface area contributed by atoms with E-state index >= 15 is 0 Å². The molecule has 0 aliphatic rings. The van der Waals surface area contributed by atoms with Crippen molar-refractivity contribution < 1.29 is 13.2 Å². The maximum atomic E-state index is 13.0. The molecular weight excluding hydrogens is 229 g/mol. The summed E-state index contributed by atoms with van der Waals surface area (Å²) in [7, 11) is 0. The van der Waals surface area contributed by atoms with Gasteiger partial charge in [-0.1, -0.05) is 20.3 Å². The average Bonchev–Trinajstić information content (AvgIpc) is 2.14. The number of pyridine rings is 1. The summed E-state index contributed by atoms with van der Waals surface area (Å²) >= 11 is 0. The number of anilines is 1. The Morgan fingerprint density at radius 3 is 2.47 bits per heavy atom. The largest absolute Gasteiger partial charge is 0.418 e. The van der Waals surface area contributed by atoms with Crippen molar-refractivity contribution in [3.63, 3.8) is 0 Å². The minimum absolute atomic E-state index is 0.0665. The number of nitrogens with two attached hydrogens (primary N) is 1. The molecule has 1 unspecified atom stereocenters. The van der Waals surface area contributed by atoms with Crippen LogP contribution in [-0.2, 0) is 6.18 Å². The van der Waals surface area contributed by atoms with Gasteiger partial charge in [-0.25, -0.2) is 4.98 Å². The number of alkyl halides is 3. The van der Waals surface area contributed by atoms with Gasteiger partial charge in [0.25, 0.3) is 0 Å². The SMILES string of the molecule is CCCC(C)c1nc(N)cc(C)c1C(F)(F)F. The molecule has 0 saturated heterocycles. The van der Waals surface area contributed by atoms with Gasteiger partial charge in [-0.05, 0) is 30.9 Å². The lowest BCUT2D eigenvalue weighted by atomic mass is 9.94. The number of hydrogen-bond acceptors (Lipinski definition) is 2. The zero-order valence-corrected chi connectivity index (χ0v) is 10.2. The van der Waals surface area contributed by atoms with Crippen LogP contribution in [0.25, 0.3) is 0 Å². The zero-order valence-electron chi connectivity index (χ0n) is 10.2. The lowest BCUT2D eigenvalue weighted by molar-refractivity contribution is -0.139. The predicted octanol–water partition coefficient (Wildman–Crippen LogP) is 3.89. The highest BCUT2D eigenvalue weighted by Crippen LogP contribution is 2.38. The third-order valence-electron chi connectivity index (χ3n) is 2.74. The predicted molar refractivity (Wildman–Crippen MR) is 61.7 cm³/mol. The Hall–Kier alpha value is -1.26. The van der Waals surface area contributed by atoms with E-state index in [9.17, 15) is 13.2 Å². The maximum absolute atomic E-state index is 13.0. The van der Waals surface area contributed by atoms with Crippen LogP contribution in [-0.4, -0.2) is 4.98 Å². The molecule has 1 atom stereocenters. The summed E-state index contributed by atoms with van der Waals surface area (Å²) in [6.07, 6.45) is -2.89. The van der Waals surface area contributed by atoms with Crippen LogP contribution in [0.1, 0.15) is 49.4 Å². The second-order valence-electron chi connectivity index (χ2n) is 4.31. The van der Waals surface area contributed by atoms with Crippen LogP contribution in [0.2, 0.25) is 0 Å². The van der Waals surface area contributed by atoms with Crippen LogP contribution in [0, 0.1) is 6.92 Å². The van der Waals surface area contributed by atoms with E-state index in [-0.39, 0.29) is 23.0 Å². The zero-order chi connectivity index (χ0) is 13.2. The van der Waals surface area contributed by atoms with Crippen LogP contribution < -0.4 is 5.73 Å². The topological polar surface area (TPSA) is 38.9 Å². The summed E-state index contributed by atoms with van der Waals surface area (Å²) in [6, 6.07) is 1.27. The normalized spacial score (nSPS) is 13.8. The average molecular weight is 246 g/mol. The van der Waals surface area contributed by atoms with Gasteiger partial charge in [0.2, 0.25) is 0 Å². The molecule has 1 aromatic rings. The van der Waals surface area contributed by atoms with Crippen LogP contribution in [0.5, 0.6) is 0 Å². The van der Waals surface area contributed by atoms with Crippen molar-refractivity contribution in [3.8, 4) is 0 Å². The molecule has 2 N–H and O–H groups in total. The maximum Gasteiger partial charge on any atom is 0.418 e. The molecule has 1 aromatic heterocycles. The molecule has 1 rings (SSSR count). The number of nitrogen functional groups attached to an aromatic ring is 1. The summed E-state index contributed by atoms with van der Waals surface area (Å²) < 4.78 is 38.9. The molecule has 0 saturated carbocycles. The molecule has 1 heterocycles. The van der Waals surface area contributed by atoms with E-state index in [1.54, 1.807) is 6.92 Å². The molecule has 0 aliphatic heterocycles. The fraction of sp³-hybridized carbons (Fsp3) is 0.583. The minimum atomic E-state index is -4.37. The lowest BCUT2D eigenvalue weighted by Gasteiger charge is -2.19. The van der Waals surface area contributed by atoms with Crippen molar-refractivity contribution in [2.75, 3.05) is 5.73 Å². The van der Waals surface area contributed by atoms with Gasteiger partial charge in [-0.2, -0.15) is 13.2 Å². The van der Waals surface area contributed by atoms with Crippen molar-refractivity contribution in [2.24, 2.45) is 0 Å². The van der Waals surface area contributed by atoms with Crippen molar-refractivity contribution in [1.82, 2.24) is 4.98 Å². The van der Waals surface area contributed by atoms with E-state index < -0.39 is 11.7 Å². The number of nitrogens with zero attached hydrogens (tertiary/aromatic N) is 1. The number of rotatable bonds is 3. The Labute approximate surface area is 99.0 Å². The molecule has 0 spiro atoms. The Morgan fingerprint density at radius 1 is 1.41 bits per heavy atom. The van der Waals surface area contributed by atoms with E-state index in [2.05, 4.69) is 4.98 Å². The molecule has 0 aromatic carbocycles. The first-order valence-electron chi connectivity index (χ1n) is 5.61. The molecule has 0 fully saturated rings. The number of halogens is 3. The Kier molecular flexibility index (Phi) is 4.01. The highest BCUT2D eigenvalue weighted by Gasteiger charge is 2.37. The highest BCUT2D eigenvalue weighted by atomic mass is 19.4. The molecule has 0 bridgehead atoms. The van der Waals surface area contributed by atoms with Crippen LogP contribution in [0.4, 0.5) is 19.0 Å². The Balaban J connectivity index is 3.35. The third kappa shape index (κ3) is 3.11. The second-order valence-corrected chi connectivity index (χ2v) is 4.31. The van der Waals surface area contributed by atoms with Crippen molar-refractivity contribution >= 4 is 5.82 Å².